The molecule has 5 rings (SSSR count). The number of methoxy groups -OCH3 is 2. The fraction of sp³-hybridized carbons (Fsp3) is 0.464. The van der Waals surface area contributed by atoms with Gasteiger partial charge < -0.3 is 19.1 Å². The molecule has 0 aromatic carbocycles. The third-order valence-electron chi connectivity index (χ3n) is 6.93. The molecule has 2 aliphatic heterocycles. The van der Waals surface area contributed by atoms with Crippen LogP contribution >= 0.6 is 0 Å². The Labute approximate surface area is 227 Å². The van der Waals surface area contributed by atoms with Gasteiger partial charge in [-0.15, -0.1) is 0 Å². The van der Waals surface area contributed by atoms with E-state index in [4.69, 9.17) is 19.2 Å². The number of likely N-dealkylation sites (tertiary alicyclic amines) is 1. The van der Waals surface area contributed by atoms with Crippen molar-refractivity contribution in [1.29, 1.82) is 0 Å². The van der Waals surface area contributed by atoms with Gasteiger partial charge in [0, 0.05) is 37.6 Å². The summed E-state index contributed by atoms with van der Waals surface area (Å²) >= 11 is 0. The van der Waals surface area contributed by atoms with Gasteiger partial charge in [0.2, 0.25) is 0 Å². The molecule has 3 aromatic rings. The van der Waals surface area contributed by atoms with E-state index in [2.05, 4.69) is 10.1 Å². The fourth-order valence-corrected chi connectivity index (χ4v) is 4.91. The van der Waals surface area contributed by atoms with Crippen LogP contribution in [0.1, 0.15) is 49.7 Å². The second-order valence-corrected chi connectivity index (χ2v) is 10.8. The molecule has 11 heteroatoms. The van der Waals surface area contributed by atoms with Gasteiger partial charge in [0.05, 0.1) is 49.6 Å². The van der Waals surface area contributed by atoms with Crippen molar-refractivity contribution in [2.24, 2.45) is 5.92 Å². The third kappa shape index (κ3) is 5.67. The molecule has 1 saturated heterocycles. The number of carbonyl (C=O) groups is 2. The van der Waals surface area contributed by atoms with Crippen molar-refractivity contribution in [1.82, 2.24) is 24.6 Å². The van der Waals surface area contributed by atoms with Crippen LogP contribution < -0.4 is 14.4 Å². The van der Waals surface area contributed by atoms with Gasteiger partial charge in [-0.1, -0.05) is 0 Å². The molecule has 0 unspecified atom stereocenters. The van der Waals surface area contributed by atoms with E-state index in [0.717, 1.165) is 30.6 Å². The highest BCUT2D eigenvalue weighted by Gasteiger charge is 2.32. The van der Waals surface area contributed by atoms with Gasteiger partial charge in [0.25, 0.3) is 11.8 Å². The van der Waals surface area contributed by atoms with Crippen molar-refractivity contribution in [2.45, 2.75) is 52.3 Å². The van der Waals surface area contributed by atoms with Gasteiger partial charge in [0.15, 0.2) is 5.75 Å². The molecule has 0 N–H and O–H groups in total. The average molecular weight is 535 g/mol. The zero-order valence-electron chi connectivity index (χ0n) is 23.0. The van der Waals surface area contributed by atoms with E-state index in [9.17, 15) is 9.59 Å². The lowest BCUT2D eigenvalue weighted by atomic mass is 9.97. The summed E-state index contributed by atoms with van der Waals surface area (Å²) < 4.78 is 18.0. The molecule has 3 aromatic heterocycles. The van der Waals surface area contributed by atoms with E-state index >= 15 is 0 Å². The van der Waals surface area contributed by atoms with Gasteiger partial charge in [-0.05, 0) is 57.7 Å². The topological polar surface area (TPSA) is 112 Å². The molecule has 39 heavy (non-hydrogen) atoms. The fourth-order valence-electron chi connectivity index (χ4n) is 4.91. The second-order valence-electron chi connectivity index (χ2n) is 10.8. The quantitative estimate of drug-likeness (QED) is 0.463. The number of aromatic nitrogens is 4. The minimum absolute atomic E-state index is 0.0975. The van der Waals surface area contributed by atoms with E-state index in [1.165, 1.54) is 7.11 Å². The zero-order chi connectivity index (χ0) is 27.7. The largest absolute Gasteiger partial charge is 0.491 e. The van der Waals surface area contributed by atoms with Crippen molar-refractivity contribution in [3.05, 3.63) is 48.0 Å². The first-order valence-corrected chi connectivity index (χ1v) is 13.1. The van der Waals surface area contributed by atoms with E-state index in [1.807, 2.05) is 43.8 Å². The molecule has 11 nitrogen and oxygen atoms in total. The number of amides is 2. The minimum atomic E-state index is -0.496. The summed E-state index contributed by atoms with van der Waals surface area (Å²) in [6, 6.07) is 5.44. The molecule has 1 fully saturated rings. The summed E-state index contributed by atoms with van der Waals surface area (Å²) in [7, 11) is 3.10. The van der Waals surface area contributed by atoms with Gasteiger partial charge in [-0.2, -0.15) is 5.10 Å². The summed E-state index contributed by atoms with van der Waals surface area (Å²) in [5.74, 6) is 1.20. The third-order valence-corrected chi connectivity index (χ3v) is 6.93. The highest BCUT2D eigenvalue weighted by atomic mass is 16.6. The first-order valence-electron chi connectivity index (χ1n) is 13.1. The Balaban J connectivity index is 1.22. The molecular formula is C28H34N6O5. The molecule has 5 heterocycles. The average Bonchev–Trinajstić information content (AvgIpc) is 3.51. The smallest absolute Gasteiger partial charge is 0.410 e. The lowest BCUT2D eigenvalue weighted by Crippen LogP contribution is -2.42. The molecule has 2 aliphatic rings. The molecular weight excluding hydrogens is 500 g/mol. The first-order chi connectivity index (χ1) is 18.6. The molecule has 0 saturated carbocycles. The number of anilines is 1. The maximum Gasteiger partial charge on any atom is 0.410 e. The lowest BCUT2D eigenvalue weighted by Gasteiger charge is -2.33. The van der Waals surface area contributed by atoms with Crippen LogP contribution in [0.3, 0.4) is 0 Å². The molecule has 0 aliphatic carbocycles. The normalized spacial score (nSPS) is 15.9. The second kappa shape index (κ2) is 10.5. The van der Waals surface area contributed by atoms with Crippen molar-refractivity contribution < 1.29 is 23.8 Å². The van der Waals surface area contributed by atoms with E-state index in [0.29, 0.717) is 54.1 Å². The molecule has 0 bridgehead atoms. The number of rotatable bonds is 6. The van der Waals surface area contributed by atoms with Crippen LogP contribution in [0.5, 0.6) is 11.6 Å². The lowest BCUT2D eigenvalue weighted by molar-refractivity contribution is 0.0177. The summed E-state index contributed by atoms with van der Waals surface area (Å²) in [6.07, 6.45) is 6.79. The number of pyridine rings is 2. The SMILES string of the molecule is COc1cc(-c2ccc3c(n2)CN(c2cnn(CC4CCN(C(=O)OC(C)(C)C)CC4)c2)C3=O)cnc1OC. The predicted octanol–water partition coefficient (Wildman–Crippen LogP) is 4.16. The van der Waals surface area contributed by atoms with Crippen LogP contribution in [0, 0.1) is 5.92 Å². The van der Waals surface area contributed by atoms with Gasteiger partial charge in [0.1, 0.15) is 5.60 Å². The van der Waals surface area contributed by atoms with Gasteiger partial charge in [-0.3, -0.25) is 19.4 Å². The summed E-state index contributed by atoms with van der Waals surface area (Å²) in [5.41, 5.74) is 2.99. The number of hydrogen-bond acceptors (Lipinski definition) is 8. The standard InChI is InChI=1S/C28H34N6O5/c1-28(2,3)39-27(36)32-10-8-18(9-11-32)15-33-16-20(14-30-33)34-17-23-21(26(34)35)6-7-22(31-23)19-12-24(37-4)25(38-5)29-13-19/h6-7,12-14,16,18H,8-11,15,17H2,1-5H3. The Morgan fingerprint density at radius 2 is 1.87 bits per heavy atom. The Kier molecular flexibility index (Phi) is 7.16. The van der Waals surface area contributed by atoms with E-state index < -0.39 is 5.60 Å². The summed E-state index contributed by atoms with van der Waals surface area (Å²) in [6.45, 7) is 8.05. The van der Waals surface area contributed by atoms with E-state index in [-0.39, 0.29) is 12.0 Å². The van der Waals surface area contributed by atoms with Crippen molar-refractivity contribution in [3.8, 4) is 22.9 Å². The molecule has 206 valence electrons. The van der Waals surface area contributed by atoms with Crippen LogP contribution in [0.4, 0.5) is 10.5 Å². The summed E-state index contributed by atoms with van der Waals surface area (Å²) in [4.78, 5) is 38.0. The van der Waals surface area contributed by atoms with Gasteiger partial charge >= 0.3 is 6.09 Å². The Bertz CT molecular complexity index is 1370. The molecule has 0 spiro atoms. The maximum atomic E-state index is 13.2. The van der Waals surface area contributed by atoms with Gasteiger partial charge in [-0.25, -0.2) is 9.78 Å². The highest BCUT2D eigenvalue weighted by Crippen LogP contribution is 2.32. The number of piperidine rings is 1. The van der Waals surface area contributed by atoms with Crippen LogP contribution in [-0.4, -0.2) is 69.6 Å². The predicted molar refractivity (Wildman–Crippen MR) is 144 cm³/mol. The van der Waals surface area contributed by atoms with Crippen molar-refractivity contribution in [2.75, 3.05) is 32.2 Å². The minimum Gasteiger partial charge on any atom is -0.491 e. The number of ether oxygens (including phenoxy) is 3. The number of hydrogen-bond donors (Lipinski definition) is 0. The highest BCUT2D eigenvalue weighted by molar-refractivity contribution is 6.09. The summed E-state index contributed by atoms with van der Waals surface area (Å²) in [5, 5.41) is 4.52. The molecule has 0 atom stereocenters. The number of fused-ring (bicyclic) bond motifs is 1. The Morgan fingerprint density at radius 1 is 1.10 bits per heavy atom. The maximum absolute atomic E-state index is 13.2. The van der Waals surface area contributed by atoms with Crippen LogP contribution in [0.25, 0.3) is 11.3 Å². The van der Waals surface area contributed by atoms with Crippen molar-refractivity contribution in [3.63, 3.8) is 0 Å². The van der Waals surface area contributed by atoms with Crippen LogP contribution in [0.15, 0.2) is 36.8 Å². The number of carbonyl (C=O) groups excluding carboxylic acids is 2. The zero-order valence-corrected chi connectivity index (χ0v) is 23.0. The van der Waals surface area contributed by atoms with Crippen molar-refractivity contribution >= 4 is 17.7 Å². The van der Waals surface area contributed by atoms with Crippen LogP contribution in [0.2, 0.25) is 0 Å². The monoisotopic (exact) mass is 534 g/mol. The van der Waals surface area contributed by atoms with E-state index in [1.54, 1.807) is 35.4 Å². The molecule has 2 amide bonds. The van der Waals surface area contributed by atoms with Crippen LogP contribution in [-0.2, 0) is 17.8 Å². The first kappa shape index (κ1) is 26.5. The molecule has 0 radical (unpaired) electrons. The Hall–Kier alpha value is -4.15. The number of nitrogens with zero attached hydrogens (tertiary/aromatic N) is 6. The Morgan fingerprint density at radius 3 is 2.56 bits per heavy atom.